The van der Waals surface area contributed by atoms with E-state index in [-0.39, 0.29) is 17.5 Å². The van der Waals surface area contributed by atoms with Gasteiger partial charge in [-0.15, -0.1) is 0 Å². The molecule has 0 unspecified atom stereocenters. The summed E-state index contributed by atoms with van der Waals surface area (Å²) < 4.78 is 28.9. The highest BCUT2D eigenvalue weighted by molar-refractivity contribution is 5.78. The number of benzene rings is 2. The van der Waals surface area contributed by atoms with Crippen molar-refractivity contribution in [2.24, 2.45) is 5.92 Å². The minimum absolute atomic E-state index is 0.149. The lowest BCUT2D eigenvalue weighted by molar-refractivity contribution is -0.132. The standard InChI is InChI=1S/C25H28F2N4O/c1-17(2)4-3-5-23(32)30-14-15-31-22(16-30)29-24(18-6-8-19(26)9-7-18)25(31)28-21-12-10-20(27)11-13-21/h6-13,17,28H,3-5,14-16H2,1-2H3. The third-order valence-electron chi connectivity index (χ3n) is 5.72. The van der Waals surface area contributed by atoms with Crippen LogP contribution in [0.3, 0.4) is 0 Å². The average Bonchev–Trinajstić information content (AvgIpc) is 3.13. The Morgan fingerprint density at radius 1 is 1.03 bits per heavy atom. The van der Waals surface area contributed by atoms with Crippen molar-refractivity contribution >= 4 is 17.4 Å². The van der Waals surface area contributed by atoms with E-state index in [1.807, 2.05) is 4.90 Å². The summed E-state index contributed by atoms with van der Waals surface area (Å²) in [4.78, 5) is 19.4. The van der Waals surface area contributed by atoms with Gasteiger partial charge in [0.1, 0.15) is 29.0 Å². The fourth-order valence-corrected chi connectivity index (χ4v) is 3.97. The Kier molecular flexibility index (Phi) is 6.53. The molecule has 1 aromatic heterocycles. The number of nitrogens with zero attached hydrogens (tertiary/aromatic N) is 3. The van der Waals surface area contributed by atoms with Crippen LogP contribution in [0.4, 0.5) is 20.3 Å². The molecule has 168 valence electrons. The molecule has 7 heteroatoms. The first kappa shape index (κ1) is 22.0. The number of fused-ring (bicyclic) bond motifs is 1. The zero-order chi connectivity index (χ0) is 22.7. The van der Waals surface area contributed by atoms with Crippen LogP contribution in [-0.2, 0) is 17.9 Å². The molecule has 0 atom stereocenters. The molecule has 0 radical (unpaired) electrons. The topological polar surface area (TPSA) is 50.2 Å². The van der Waals surface area contributed by atoms with E-state index >= 15 is 0 Å². The van der Waals surface area contributed by atoms with Gasteiger partial charge >= 0.3 is 0 Å². The summed E-state index contributed by atoms with van der Waals surface area (Å²) in [5.41, 5.74) is 2.18. The van der Waals surface area contributed by atoms with Crippen LogP contribution in [0.15, 0.2) is 48.5 Å². The van der Waals surface area contributed by atoms with Gasteiger partial charge in [-0.25, -0.2) is 13.8 Å². The molecule has 5 nitrogen and oxygen atoms in total. The maximum Gasteiger partial charge on any atom is 0.223 e. The highest BCUT2D eigenvalue weighted by atomic mass is 19.1. The van der Waals surface area contributed by atoms with Gasteiger partial charge in [-0.3, -0.25) is 4.79 Å². The van der Waals surface area contributed by atoms with Crippen molar-refractivity contribution < 1.29 is 13.6 Å². The molecular weight excluding hydrogens is 410 g/mol. The second kappa shape index (κ2) is 9.51. The van der Waals surface area contributed by atoms with Gasteiger partial charge in [-0.05, 0) is 60.9 Å². The molecular formula is C25H28F2N4O. The van der Waals surface area contributed by atoms with Gasteiger partial charge in [-0.2, -0.15) is 0 Å². The van der Waals surface area contributed by atoms with Crippen molar-refractivity contribution in [3.05, 3.63) is 66.0 Å². The number of rotatable bonds is 7. The first-order chi connectivity index (χ1) is 15.4. The number of carbonyl (C=O) groups excluding carboxylic acids is 1. The van der Waals surface area contributed by atoms with E-state index < -0.39 is 0 Å². The number of hydrogen-bond acceptors (Lipinski definition) is 3. The Morgan fingerprint density at radius 2 is 1.69 bits per heavy atom. The van der Waals surface area contributed by atoms with Gasteiger partial charge in [0.05, 0.1) is 6.54 Å². The molecule has 0 saturated carbocycles. The van der Waals surface area contributed by atoms with Crippen molar-refractivity contribution in [1.82, 2.24) is 14.5 Å². The first-order valence-corrected chi connectivity index (χ1v) is 11.1. The van der Waals surface area contributed by atoms with Crippen LogP contribution in [-0.4, -0.2) is 26.9 Å². The van der Waals surface area contributed by atoms with Crippen LogP contribution in [0.5, 0.6) is 0 Å². The molecule has 2 heterocycles. The van der Waals surface area contributed by atoms with E-state index in [1.54, 1.807) is 24.3 Å². The highest BCUT2D eigenvalue weighted by Gasteiger charge is 2.26. The Bertz CT molecular complexity index is 1070. The van der Waals surface area contributed by atoms with E-state index in [0.29, 0.717) is 37.7 Å². The summed E-state index contributed by atoms with van der Waals surface area (Å²) in [6.07, 6.45) is 2.47. The smallest absolute Gasteiger partial charge is 0.223 e. The molecule has 0 fully saturated rings. The van der Waals surface area contributed by atoms with Gasteiger partial charge in [0.25, 0.3) is 0 Å². The molecule has 32 heavy (non-hydrogen) atoms. The first-order valence-electron chi connectivity index (χ1n) is 11.1. The Balaban J connectivity index is 1.61. The normalized spacial score (nSPS) is 13.3. The van der Waals surface area contributed by atoms with Gasteiger partial charge in [-0.1, -0.05) is 20.3 Å². The molecule has 1 aliphatic heterocycles. The summed E-state index contributed by atoms with van der Waals surface area (Å²) in [5, 5.41) is 3.35. The van der Waals surface area contributed by atoms with Gasteiger partial charge in [0.2, 0.25) is 5.91 Å². The number of imidazole rings is 1. The summed E-state index contributed by atoms with van der Waals surface area (Å²) in [5.74, 6) is 1.64. The van der Waals surface area contributed by atoms with E-state index in [9.17, 15) is 13.6 Å². The predicted octanol–water partition coefficient (Wildman–Crippen LogP) is 5.74. The van der Waals surface area contributed by atoms with Crippen LogP contribution >= 0.6 is 0 Å². The summed E-state index contributed by atoms with van der Waals surface area (Å²) in [6, 6.07) is 12.3. The number of carbonyl (C=O) groups is 1. The van der Waals surface area contributed by atoms with E-state index in [0.717, 1.165) is 35.7 Å². The van der Waals surface area contributed by atoms with Crippen LogP contribution in [0, 0.1) is 17.6 Å². The van der Waals surface area contributed by atoms with E-state index in [2.05, 4.69) is 23.7 Å². The minimum atomic E-state index is -0.316. The molecule has 2 aromatic carbocycles. The third kappa shape index (κ3) is 4.98. The zero-order valence-electron chi connectivity index (χ0n) is 18.4. The molecule has 1 amide bonds. The van der Waals surface area contributed by atoms with Gasteiger partial charge < -0.3 is 14.8 Å². The molecule has 0 saturated heterocycles. The van der Waals surface area contributed by atoms with Gasteiger partial charge in [0, 0.05) is 30.8 Å². The second-order valence-electron chi connectivity index (χ2n) is 8.62. The fraction of sp³-hybridized carbons (Fsp3) is 0.360. The quantitative estimate of drug-likeness (QED) is 0.512. The third-order valence-corrected chi connectivity index (χ3v) is 5.72. The van der Waals surface area contributed by atoms with Gasteiger partial charge in [0.15, 0.2) is 0 Å². The molecule has 0 aliphatic carbocycles. The molecule has 3 aromatic rings. The van der Waals surface area contributed by atoms with Crippen molar-refractivity contribution in [2.45, 2.75) is 46.2 Å². The summed E-state index contributed by atoms with van der Waals surface area (Å²) >= 11 is 0. The Labute approximate surface area is 187 Å². The summed E-state index contributed by atoms with van der Waals surface area (Å²) in [7, 11) is 0. The van der Waals surface area contributed by atoms with E-state index in [4.69, 9.17) is 4.98 Å². The number of aromatic nitrogens is 2. The Hall–Kier alpha value is -3.22. The summed E-state index contributed by atoms with van der Waals surface area (Å²) in [6.45, 7) is 5.96. The molecule has 1 aliphatic rings. The SMILES string of the molecule is CC(C)CCCC(=O)N1CCn2c(nc(-c3ccc(F)cc3)c2Nc2ccc(F)cc2)C1. The fourth-order valence-electron chi connectivity index (χ4n) is 3.97. The number of anilines is 2. The van der Waals surface area contributed by atoms with E-state index in [1.165, 1.54) is 24.3 Å². The maximum absolute atomic E-state index is 13.5. The zero-order valence-corrected chi connectivity index (χ0v) is 18.4. The second-order valence-corrected chi connectivity index (χ2v) is 8.62. The average molecular weight is 439 g/mol. The minimum Gasteiger partial charge on any atom is -0.340 e. The molecule has 4 rings (SSSR count). The number of amides is 1. The molecule has 1 N–H and O–H groups in total. The number of hydrogen-bond donors (Lipinski definition) is 1. The van der Waals surface area contributed by atoms with Crippen molar-refractivity contribution in [2.75, 3.05) is 11.9 Å². The lowest BCUT2D eigenvalue weighted by atomic mass is 10.1. The predicted molar refractivity (Wildman–Crippen MR) is 121 cm³/mol. The monoisotopic (exact) mass is 438 g/mol. The molecule has 0 bridgehead atoms. The van der Waals surface area contributed by atoms with Crippen molar-refractivity contribution in [1.29, 1.82) is 0 Å². The van der Waals surface area contributed by atoms with Crippen LogP contribution in [0.1, 0.15) is 38.9 Å². The Morgan fingerprint density at radius 3 is 2.34 bits per heavy atom. The number of halogens is 2. The van der Waals surface area contributed by atoms with Crippen LogP contribution in [0.25, 0.3) is 11.3 Å². The number of nitrogens with one attached hydrogen (secondary N) is 1. The van der Waals surface area contributed by atoms with Crippen molar-refractivity contribution in [3.8, 4) is 11.3 Å². The lowest BCUT2D eigenvalue weighted by Crippen LogP contribution is -2.38. The van der Waals surface area contributed by atoms with Crippen LogP contribution in [0.2, 0.25) is 0 Å². The van der Waals surface area contributed by atoms with Crippen molar-refractivity contribution in [3.63, 3.8) is 0 Å². The highest BCUT2D eigenvalue weighted by Crippen LogP contribution is 2.33. The van der Waals surface area contributed by atoms with Crippen LogP contribution < -0.4 is 5.32 Å². The molecule has 0 spiro atoms. The largest absolute Gasteiger partial charge is 0.340 e. The maximum atomic E-state index is 13.5. The lowest BCUT2D eigenvalue weighted by Gasteiger charge is -2.29.